The second-order valence-corrected chi connectivity index (χ2v) is 8.72. The highest BCUT2D eigenvalue weighted by atomic mass is 35.5. The van der Waals surface area contributed by atoms with Crippen molar-refractivity contribution in [3.05, 3.63) is 94.0 Å². The molecule has 1 aliphatic heterocycles. The van der Waals surface area contributed by atoms with Crippen LogP contribution in [0.2, 0.25) is 5.02 Å². The number of allylic oxidation sites excluding steroid dienone is 1. The Labute approximate surface area is 169 Å². The molecule has 6 heteroatoms. The van der Waals surface area contributed by atoms with Crippen molar-refractivity contribution in [1.29, 1.82) is 0 Å². The van der Waals surface area contributed by atoms with E-state index in [4.69, 9.17) is 21.5 Å². The number of aryl methyl sites for hydroxylation is 1. The maximum Gasteiger partial charge on any atom is 0.238 e. The fourth-order valence-electron chi connectivity index (χ4n) is 3.40. The van der Waals surface area contributed by atoms with Crippen LogP contribution < -0.4 is 9.88 Å². The van der Waals surface area contributed by atoms with Gasteiger partial charge in [-0.05, 0) is 66.1 Å². The number of hydrogen-bond acceptors (Lipinski definition) is 3. The van der Waals surface area contributed by atoms with Crippen LogP contribution in [0.5, 0.6) is 5.75 Å². The van der Waals surface area contributed by atoms with E-state index in [-0.39, 0.29) is 4.90 Å². The van der Waals surface area contributed by atoms with Gasteiger partial charge in [0.2, 0.25) is 10.0 Å². The molecule has 0 unspecified atom stereocenters. The summed E-state index contributed by atoms with van der Waals surface area (Å²) in [4.78, 5) is 0.0669. The number of primary sulfonamides is 1. The lowest BCUT2D eigenvalue weighted by Crippen LogP contribution is -2.13. The molecule has 3 aromatic rings. The molecule has 0 bridgehead atoms. The van der Waals surface area contributed by atoms with E-state index in [1.807, 2.05) is 49.4 Å². The maximum atomic E-state index is 11.6. The zero-order valence-electron chi connectivity index (χ0n) is 15.1. The number of rotatable bonds is 3. The molecule has 2 N–H and O–H groups in total. The molecule has 0 saturated carbocycles. The van der Waals surface area contributed by atoms with E-state index in [1.54, 1.807) is 12.1 Å². The Morgan fingerprint density at radius 1 is 1.00 bits per heavy atom. The molecule has 28 heavy (non-hydrogen) atoms. The molecule has 1 aliphatic rings. The Bertz CT molecular complexity index is 1200. The smallest absolute Gasteiger partial charge is 0.238 e. The first-order valence-electron chi connectivity index (χ1n) is 8.71. The molecular weight excluding hydrogens is 394 g/mol. The van der Waals surface area contributed by atoms with Crippen molar-refractivity contribution in [3.8, 4) is 5.75 Å². The molecule has 3 aromatic carbocycles. The Balaban J connectivity index is 1.89. The molecule has 4 rings (SSSR count). The first-order chi connectivity index (χ1) is 13.3. The van der Waals surface area contributed by atoms with Gasteiger partial charge in [0, 0.05) is 22.6 Å². The third-order valence-corrected chi connectivity index (χ3v) is 5.95. The minimum absolute atomic E-state index is 0.0669. The molecule has 0 fully saturated rings. The Morgan fingerprint density at radius 2 is 1.71 bits per heavy atom. The van der Waals surface area contributed by atoms with Crippen LogP contribution in [0, 0.1) is 6.92 Å². The summed E-state index contributed by atoms with van der Waals surface area (Å²) < 4.78 is 29.4. The van der Waals surface area contributed by atoms with Gasteiger partial charge in [0.25, 0.3) is 0 Å². The number of para-hydroxylation sites is 1. The molecule has 0 spiro atoms. The van der Waals surface area contributed by atoms with Gasteiger partial charge in [0.05, 0.1) is 4.90 Å². The van der Waals surface area contributed by atoms with Crippen molar-refractivity contribution in [2.45, 2.75) is 18.2 Å². The summed E-state index contributed by atoms with van der Waals surface area (Å²) in [6.45, 7) is 2.01. The van der Waals surface area contributed by atoms with Gasteiger partial charge < -0.3 is 4.74 Å². The Morgan fingerprint density at radius 3 is 2.39 bits per heavy atom. The Hall–Kier alpha value is -2.60. The third-order valence-electron chi connectivity index (χ3n) is 4.78. The van der Waals surface area contributed by atoms with E-state index in [0.29, 0.717) is 17.2 Å². The zero-order valence-corrected chi connectivity index (χ0v) is 16.7. The van der Waals surface area contributed by atoms with Gasteiger partial charge in [-0.15, -0.1) is 0 Å². The summed E-state index contributed by atoms with van der Waals surface area (Å²) in [6, 6.07) is 20.1. The molecule has 0 atom stereocenters. The molecule has 142 valence electrons. The average molecular weight is 412 g/mol. The van der Waals surface area contributed by atoms with Crippen LogP contribution in [0.3, 0.4) is 0 Å². The number of ether oxygens (including phenoxy) is 1. The maximum absolute atomic E-state index is 11.6. The van der Waals surface area contributed by atoms with E-state index >= 15 is 0 Å². The SMILES string of the molecule is Cc1cc(Cl)ccc1C1=C(c2ccc(S(N)(=O)=O)cc2)Oc2ccccc2C1. The summed E-state index contributed by atoms with van der Waals surface area (Å²) in [5.74, 6) is 1.49. The van der Waals surface area contributed by atoms with Gasteiger partial charge >= 0.3 is 0 Å². The first kappa shape index (κ1) is 18.7. The van der Waals surface area contributed by atoms with E-state index in [1.165, 1.54) is 12.1 Å². The fraction of sp³-hybridized carbons (Fsp3) is 0.0909. The van der Waals surface area contributed by atoms with Gasteiger partial charge in [0.1, 0.15) is 11.5 Å². The largest absolute Gasteiger partial charge is 0.456 e. The van der Waals surface area contributed by atoms with Crippen molar-refractivity contribution in [2.75, 3.05) is 0 Å². The van der Waals surface area contributed by atoms with Crippen LogP contribution in [0.1, 0.15) is 22.3 Å². The number of hydrogen-bond donors (Lipinski definition) is 1. The lowest BCUT2D eigenvalue weighted by atomic mass is 9.90. The number of benzene rings is 3. The number of fused-ring (bicyclic) bond motifs is 1. The normalized spacial score (nSPS) is 13.8. The van der Waals surface area contributed by atoms with E-state index in [0.717, 1.165) is 33.6 Å². The third kappa shape index (κ3) is 3.56. The summed E-state index contributed by atoms with van der Waals surface area (Å²) in [7, 11) is -3.75. The van der Waals surface area contributed by atoms with Gasteiger partial charge in [-0.1, -0.05) is 35.9 Å². The molecule has 0 radical (unpaired) electrons. The minimum Gasteiger partial charge on any atom is -0.456 e. The summed E-state index contributed by atoms with van der Waals surface area (Å²) in [5.41, 5.74) is 4.99. The highest BCUT2D eigenvalue weighted by molar-refractivity contribution is 7.89. The average Bonchev–Trinajstić information content (AvgIpc) is 2.66. The molecule has 0 saturated heterocycles. The summed E-state index contributed by atoms with van der Waals surface area (Å²) in [5, 5.41) is 5.90. The number of halogens is 1. The van der Waals surface area contributed by atoms with Crippen LogP contribution in [0.15, 0.2) is 71.6 Å². The Kier molecular flexibility index (Phi) is 4.75. The second kappa shape index (κ2) is 7.09. The molecule has 0 amide bonds. The van der Waals surface area contributed by atoms with Crippen molar-refractivity contribution < 1.29 is 13.2 Å². The standard InChI is InChI=1S/C22H18ClNO3S/c1-14-12-17(23)8-11-19(14)20-13-16-4-2-3-5-21(16)27-22(20)15-6-9-18(10-7-15)28(24,25)26/h2-12H,13H2,1H3,(H2,24,25,26). The topological polar surface area (TPSA) is 69.4 Å². The monoisotopic (exact) mass is 411 g/mol. The minimum atomic E-state index is -3.75. The van der Waals surface area contributed by atoms with Crippen molar-refractivity contribution in [3.63, 3.8) is 0 Å². The summed E-state index contributed by atoms with van der Waals surface area (Å²) >= 11 is 6.13. The first-order valence-corrected chi connectivity index (χ1v) is 10.6. The second-order valence-electron chi connectivity index (χ2n) is 6.72. The van der Waals surface area contributed by atoms with Crippen LogP contribution in [0.25, 0.3) is 11.3 Å². The quantitative estimate of drug-likeness (QED) is 0.673. The number of sulfonamides is 1. The van der Waals surface area contributed by atoms with Crippen molar-refractivity contribution >= 4 is 33.0 Å². The molecule has 0 aliphatic carbocycles. The van der Waals surface area contributed by atoms with Crippen LogP contribution in [-0.4, -0.2) is 8.42 Å². The van der Waals surface area contributed by atoms with E-state index in [2.05, 4.69) is 0 Å². The highest BCUT2D eigenvalue weighted by Crippen LogP contribution is 2.40. The van der Waals surface area contributed by atoms with Gasteiger partial charge in [-0.3, -0.25) is 0 Å². The van der Waals surface area contributed by atoms with Gasteiger partial charge in [-0.2, -0.15) is 0 Å². The molecule has 4 nitrogen and oxygen atoms in total. The molecule has 1 heterocycles. The summed E-state index contributed by atoms with van der Waals surface area (Å²) in [6.07, 6.45) is 0.699. The molecular formula is C22H18ClNO3S. The van der Waals surface area contributed by atoms with Crippen LogP contribution in [-0.2, 0) is 16.4 Å². The number of nitrogens with two attached hydrogens (primary N) is 1. The lowest BCUT2D eigenvalue weighted by Gasteiger charge is -2.25. The van der Waals surface area contributed by atoms with E-state index in [9.17, 15) is 8.42 Å². The van der Waals surface area contributed by atoms with Crippen LogP contribution >= 0.6 is 11.6 Å². The fourth-order valence-corrected chi connectivity index (χ4v) is 4.15. The zero-order chi connectivity index (χ0) is 19.9. The van der Waals surface area contributed by atoms with Gasteiger partial charge in [-0.25, -0.2) is 13.6 Å². The van der Waals surface area contributed by atoms with Crippen LogP contribution in [0.4, 0.5) is 0 Å². The predicted octanol–water partition coefficient (Wildman–Crippen LogP) is 4.80. The highest BCUT2D eigenvalue weighted by Gasteiger charge is 2.23. The van der Waals surface area contributed by atoms with Crippen molar-refractivity contribution in [1.82, 2.24) is 0 Å². The van der Waals surface area contributed by atoms with E-state index < -0.39 is 10.0 Å². The predicted molar refractivity (Wildman–Crippen MR) is 112 cm³/mol. The lowest BCUT2D eigenvalue weighted by molar-refractivity contribution is 0.502. The van der Waals surface area contributed by atoms with Crippen molar-refractivity contribution in [2.24, 2.45) is 5.14 Å². The molecule has 0 aromatic heterocycles. The van der Waals surface area contributed by atoms with Gasteiger partial charge in [0.15, 0.2) is 0 Å².